The molecule has 2 aromatic carbocycles. The maximum absolute atomic E-state index is 11.8. The largest absolute Gasteiger partial charge is 0.493 e. The molecule has 23 heavy (non-hydrogen) atoms. The first-order valence-corrected chi connectivity index (χ1v) is 7.96. The van der Waals surface area contributed by atoms with Gasteiger partial charge in [-0.15, -0.1) is 0 Å². The van der Waals surface area contributed by atoms with Gasteiger partial charge in [-0.2, -0.15) is 0 Å². The van der Waals surface area contributed by atoms with Crippen LogP contribution in [-0.2, 0) is 0 Å². The van der Waals surface area contributed by atoms with Gasteiger partial charge in [0.25, 0.3) is 0 Å². The first-order valence-electron chi connectivity index (χ1n) is 7.17. The number of amides is 2. The number of hydrogen-bond acceptors (Lipinski definition) is 3. The molecule has 2 amide bonds. The van der Waals surface area contributed by atoms with E-state index in [2.05, 4.69) is 26.6 Å². The number of anilines is 1. The predicted molar refractivity (Wildman–Crippen MR) is 94.4 cm³/mol. The predicted octanol–water partition coefficient (Wildman–Crippen LogP) is 3.97. The van der Waals surface area contributed by atoms with Crippen LogP contribution in [0.1, 0.15) is 5.56 Å². The fraction of sp³-hybridized carbons (Fsp3) is 0.235. The van der Waals surface area contributed by atoms with Gasteiger partial charge in [0.15, 0.2) is 11.5 Å². The SMILES string of the molecule is COc1ccccc1OCCNC(=O)Nc1ccc(C)c(Br)c1. The van der Waals surface area contributed by atoms with Crippen LogP contribution in [0, 0.1) is 6.92 Å². The molecule has 0 saturated heterocycles. The van der Waals surface area contributed by atoms with Gasteiger partial charge in [-0.1, -0.05) is 34.1 Å². The Bertz CT molecular complexity index is 677. The molecule has 0 aliphatic heterocycles. The van der Waals surface area contributed by atoms with Crippen molar-refractivity contribution >= 4 is 27.6 Å². The van der Waals surface area contributed by atoms with Crippen molar-refractivity contribution in [3.8, 4) is 11.5 Å². The lowest BCUT2D eigenvalue weighted by molar-refractivity contribution is 0.246. The molecule has 0 bridgehead atoms. The second-order valence-electron chi connectivity index (χ2n) is 4.84. The van der Waals surface area contributed by atoms with Crippen molar-refractivity contribution in [1.29, 1.82) is 0 Å². The highest BCUT2D eigenvalue weighted by Gasteiger charge is 2.05. The molecular weight excluding hydrogens is 360 g/mol. The Morgan fingerprint density at radius 1 is 1.17 bits per heavy atom. The van der Waals surface area contributed by atoms with Crippen LogP contribution >= 0.6 is 15.9 Å². The van der Waals surface area contributed by atoms with E-state index < -0.39 is 0 Å². The molecule has 5 nitrogen and oxygen atoms in total. The number of hydrogen-bond donors (Lipinski definition) is 2. The number of ether oxygens (including phenoxy) is 2. The second-order valence-corrected chi connectivity index (χ2v) is 5.70. The number of methoxy groups -OCH3 is 1. The second kappa shape index (κ2) is 8.43. The quantitative estimate of drug-likeness (QED) is 0.747. The van der Waals surface area contributed by atoms with Crippen molar-refractivity contribution in [1.82, 2.24) is 5.32 Å². The van der Waals surface area contributed by atoms with E-state index in [0.717, 1.165) is 15.7 Å². The zero-order valence-corrected chi connectivity index (χ0v) is 14.6. The number of carbonyl (C=O) groups excluding carboxylic acids is 1. The summed E-state index contributed by atoms with van der Waals surface area (Å²) in [6, 6.07) is 12.8. The van der Waals surface area contributed by atoms with Crippen LogP contribution in [0.3, 0.4) is 0 Å². The lowest BCUT2D eigenvalue weighted by Gasteiger charge is -2.11. The van der Waals surface area contributed by atoms with E-state index >= 15 is 0 Å². The van der Waals surface area contributed by atoms with Gasteiger partial charge in [0, 0.05) is 10.2 Å². The molecule has 0 aliphatic rings. The van der Waals surface area contributed by atoms with Crippen LogP contribution < -0.4 is 20.1 Å². The smallest absolute Gasteiger partial charge is 0.319 e. The van der Waals surface area contributed by atoms with Crippen molar-refractivity contribution in [2.75, 3.05) is 25.6 Å². The van der Waals surface area contributed by atoms with Gasteiger partial charge in [-0.05, 0) is 36.8 Å². The van der Waals surface area contributed by atoms with Crippen LogP contribution in [0.2, 0.25) is 0 Å². The number of aryl methyl sites for hydroxylation is 1. The third-order valence-corrected chi connectivity index (χ3v) is 4.00. The highest BCUT2D eigenvalue weighted by atomic mass is 79.9. The summed E-state index contributed by atoms with van der Waals surface area (Å²) in [6.07, 6.45) is 0. The third-order valence-electron chi connectivity index (χ3n) is 3.14. The zero-order chi connectivity index (χ0) is 16.7. The van der Waals surface area contributed by atoms with Crippen molar-refractivity contribution in [2.24, 2.45) is 0 Å². The molecule has 0 atom stereocenters. The van der Waals surface area contributed by atoms with E-state index in [4.69, 9.17) is 9.47 Å². The molecule has 0 saturated carbocycles. The Hall–Kier alpha value is -2.21. The molecule has 0 spiro atoms. The summed E-state index contributed by atoms with van der Waals surface area (Å²) in [4.78, 5) is 11.8. The monoisotopic (exact) mass is 378 g/mol. The molecule has 0 radical (unpaired) electrons. The topological polar surface area (TPSA) is 59.6 Å². The molecule has 6 heteroatoms. The number of rotatable bonds is 6. The third kappa shape index (κ3) is 5.17. The number of benzene rings is 2. The van der Waals surface area contributed by atoms with Crippen LogP contribution in [-0.4, -0.2) is 26.3 Å². The standard InChI is InChI=1S/C17H19BrN2O3/c1-12-7-8-13(11-14(12)18)20-17(21)19-9-10-23-16-6-4-3-5-15(16)22-2/h3-8,11H,9-10H2,1-2H3,(H2,19,20,21). The summed E-state index contributed by atoms with van der Waals surface area (Å²) in [7, 11) is 1.59. The molecule has 0 aromatic heterocycles. The van der Waals surface area contributed by atoms with Crippen LogP contribution in [0.25, 0.3) is 0 Å². The maximum Gasteiger partial charge on any atom is 0.319 e. The average Bonchev–Trinajstić information content (AvgIpc) is 2.55. The van der Waals surface area contributed by atoms with Crippen molar-refractivity contribution in [2.45, 2.75) is 6.92 Å². The molecule has 0 heterocycles. The van der Waals surface area contributed by atoms with E-state index in [0.29, 0.717) is 24.7 Å². The first-order chi connectivity index (χ1) is 11.1. The minimum absolute atomic E-state index is 0.274. The molecule has 2 N–H and O–H groups in total. The minimum Gasteiger partial charge on any atom is -0.493 e. The summed E-state index contributed by atoms with van der Waals surface area (Å²) < 4.78 is 11.7. The van der Waals surface area contributed by atoms with E-state index in [1.54, 1.807) is 7.11 Å². The summed E-state index contributed by atoms with van der Waals surface area (Å²) in [5, 5.41) is 5.51. The van der Waals surface area contributed by atoms with E-state index in [1.165, 1.54) is 0 Å². The van der Waals surface area contributed by atoms with Gasteiger partial charge in [0.1, 0.15) is 6.61 Å². The average molecular weight is 379 g/mol. The summed E-state index contributed by atoms with van der Waals surface area (Å²) >= 11 is 3.44. The lowest BCUT2D eigenvalue weighted by atomic mass is 10.2. The molecule has 0 aliphatic carbocycles. The number of carbonyl (C=O) groups is 1. The van der Waals surface area contributed by atoms with Crippen molar-refractivity contribution in [3.05, 3.63) is 52.5 Å². The number of nitrogens with one attached hydrogen (secondary N) is 2. The Kier molecular flexibility index (Phi) is 6.29. The van der Waals surface area contributed by atoms with Gasteiger partial charge in [0.05, 0.1) is 13.7 Å². The van der Waals surface area contributed by atoms with Crippen LogP contribution in [0.4, 0.5) is 10.5 Å². The molecule has 122 valence electrons. The van der Waals surface area contributed by atoms with E-state index in [1.807, 2.05) is 49.4 Å². The van der Waals surface area contributed by atoms with Gasteiger partial charge in [-0.25, -0.2) is 4.79 Å². The van der Waals surface area contributed by atoms with Crippen molar-refractivity contribution < 1.29 is 14.3 Å². The summed E-state index contributed by atoms with van der Waals surface area (Å²) in [5.41, 5.74) is 1.84. The summed E-state index contributed by atoms with van der Waals surface area (Å²) in [5.74, 6) is 1.32. The number of halogens is 1. The highest BCUT2D eigenvalue weighted by molar-refractivity contribution is 9.10. The van der Waals surface area contributed by atoms with Gasteiger partial charge < -0.3 is 20.1 Å². The van der Waals surface area contributed by atoms with Crippen molar-refractivity contribution in [3.63, 3.8) is 0 Å². The Morgan fingerprint density at radius 3 is 2.61 bits per heavy atom. The van der Waals surface area contributed by atoms with Gasteiger partial charge in [-0.3, -0.25) is 0 Å². The lowest BCUT2D eigenvalue weighted by Crippen LogP contribution is -2.32. The Balaban J connectivity index is 1.75. The number of para-hydroxylation sites is 2. The van der Waals surface area contributed by atoms with E-state index in [9.17, 15) is 4.79 Å². The summed E-state index contributed by atoms with van der Waals surface area (Å²) in [6.45, 7) is 2.73. The Labute approximate surface area is 144 Å². The zero-order valence-electron chi connectivity index (χ0n) is 13.1. The van der Waals surface area contributed by atoms with Gasteiger partial charge >= 0.3 is 6.03 Å². The fourth-order valence-electron chi connectivity index (χ4n) is 1.91. The first kappa shape index (κ1) is 17.1. The minimum atomic E-state index is -0.274. The molecule has 0 fully saturated rings. The fourth-order valence-corrected chi connectivity index (χ4v) is 2.29. The van der Waals surface area contributed by atoms with Crippen LogP contribution in [0.5, 0.6) is 11.5 Å². The molecule has 2 rings (SSSR count). The molecule has 2 aromatic rings. The highest BCUT2D eigenvalue weighted by Crippen LogP contribution is 2.25. The van der Waals surface area contributed by atoms with E-state index in [-0.39, 0.29) is 6.03 Å². The van der Waals surface area contributed by atoms with Gasteiger partial charge in [0.2, 0.25) is 0 Å². The molecular formula is C17H19BrN2O3. The van der Waals surface area contributed by atoms with Crippen LogP contribution in [0.15, 0.2) is 46.9 Å². The molecule has 0 unspecified atom stereocenters. The maximum atomic E-state index is 11.8. The normalized spacial score (nSPS) is 10.0. The Morgan fingerprint density at radius 2 is 1.91 bits per heavy atom. The number of urea groups is 1.